The number of nitrogens with zero attached hydrogens (tertiary/aromatic N) is 3. The van der Waals surface area contributed by atoms with Crippen molar-refractivity contribution >= 4 is 0 Å². The average Bonchev–Trinajstić information content (AvgIpc) is 2.31. The first-order valence-electron chi connectivity index (χ1n) is 3.35. The van der Waals surface area contributed by atoms with Gasteiger partial charge in [-0.15, -0.1) is 10.2 Å². The van der Waals surface area contributed by atoms with Crippen molar-refractivity contribution in [1.29, 1.82) is 0 Å². The summed E-state index contributed by atoms with van der Waals surface area (Å²) < 4.78 is 0. The van der Waals surface area contributed by atoms with Crippen molar-refractivity contribution in [2.24, 2.45) is 5.73 Å². The lowest BCUT2D eigenvalue weighted by molar-refractivity contribution is 0.338. The first kappa shape index (κ1) is 5.79. The number of H-pyrrole nitrogens is 1. The van der Waals surface area contributed by atoms with Gasteiger partial charge in [0.2, 0.25) is 0 Å². The fourth-order valence-corrected chi connectivity index (χ4v) is 1.22. The molecule has 5 heteroatoms. The van der Waals surface area contributed by atoms with Gasteiger partial charge >= 0.3 is 0 Å². The highest BCUT2D eigenvalue weighted by Crippen LogP contribution is 2.32. The van der Waals surface area contributed by atoms with Gasteiger partial charge in [-0.25, -0.2) is 0 Å². The number of nitrogens with one attached hydrogen (secondary N) is 1. The molecule has 0 atom stereocenters. The highest BCUT2D eigenvalue weighted by atomic mass is 15.5. The summed E-state index contributed by atoms with van der Waals surface area (Å²) in [5.74, 6) is 1.26. The van der Waals surface area contributed by atoms with Gasteiger partial charge in [-0.2, -0.15) is 5.21 Å². The van der Waals surface area contributed by atoms with Gasteiger partial charge in [0.15, 0.2) is 5.82 Å². The number of nitrogens with two attached hydrogens (primary N) is 1. The molecule has 0 aromatic carbocycles. The molecule has 0 spiro atoms. The average molecular weight is 139 g/mol. The molecule has 1 fully saturated rings. The Bertz CT molecular complexity index is 200. The fourth-order valence-electron chi connectivity index (χ4n) is 1.22. The third kappa shape index (κ3) is 0.786. The van der Waals surface area contributed by atoms with E-state index in [2.05, 4.69) is 20.6 Å². The molecule has 0 saturated heterocycles. The second-order valence-electron chi connectivity index (χ2n) is 2.70. The largest absolute Gasteiger partial charge is 0.328 e. The molecule has 0 radical (unpaired) electrons. The summed E-state index contributed by atoms with van der Waals surface area (Å²) in [6, 6.07) is 0.350. The molecule has 1 aliphatic rings. The summed E-state index contributed by atoms with van der Waals surface area (Å²) >= 11 is 0. The Morgan fingerprint density at radius 3 is 2.80 bits per heavy atom. The molecule has 54 valence electrons. The van der Waals surface area contributed by atoms with E-state index >= 15 is 0 Å². The van der Waals surface area contributed by atoms with Gasteiger partial charge < -0.3 is 5.73 Å². The van der Waals surface area contributed by atoms with Gasteiger partial charge in [0.05, 0.1) is 0 Å². The highest BCUT2D eigenvalue weighted by Gasteiger charge is 2.30. The molecule has 1 heterocycles. The van der Waals surface area contributed by atoms with E-state index in [0.717, 1.165) is 18.7 Å². The molecule has 0 unspecified atom stereocenters. The zero-order valence-electron chi connectivity index (χ0n) is 5.49. The molecule has 3 N–H and O–H groups in total. The summed E-state index contributed by atoms with van der Waals surface area (Å²) in [4.78, 5) is 0. The van der Waals surface area contributed by atoms with Crippen LogP contribution < -0.4 is 5.73 Å². The monoisotopic (exact) mass is 139 g/mol. The van der Waals surface area contributed by atoms with Crippen LogP contribution in [0.15, 0.2) is 0 Å². The predicted molar refractivity (Wildman–Crippen MR) is 34.1 cm³/mol. The Hall–Kier alpha value is -0.970. The second kappa shape index (κ2) is 2.02. The molecule has 10 heavy (non-hydrogen) atoms. The van der Waals surface area contributed by atoms with Crippen LogP contribution in [0.2, 0.25) is 0 Å². The minimum absolute atomic E-state index is 0.350. The van der Waals surface area contributed by atoms with Crippen molar-refractivity contribution in [2.45, 2.75) is 24.8 Å². The van der Waals surface area contributed by atoms with Crippen molar-refractivity contribution in [3.8, 4) is 0 Å². The predicted octanol–water partition coefficient (Wildman–Crippen LogP) is -0.596. The summed E-state index contributed by atoms with van der Waals surface area (Å²) in [7, 11) is 0. The smallest absolute Gasteiger partial charge is 0.177 e. The lowest BCUT2D eigenvalue weighted by Gasteiger charge is -2.29. The maximum absolute atomic E-state index is 5.59. The van der Waals surface area contributed by atoms with E-state index in [1.54, 1.807) is 0 Å². The van der Waals surface area contributed by atoms with Crippen molar-refractivity contribution in [3.05, 3.63) is 5.82 Å². The Labute approximate surface area is 58.0 Å². The van der Waals surface area contributed by atoms with E-state index < -0.39 is 0 Å². The van der Waals surface area contributed by atoms with Crippen LogP contribution in [0.25, 0.3) is 0 Å². The van der Waals surface area contributed by atoms with Crippen LogP contribution in [0.4, 0.5) is 0 Å². The Balaban J connectivity index is 2.04. The molecule has 2 rings (SSSR count). The zero-order chi connectivity index (χ0) is 6.97. The van der Waals surface area contributed by atoms with E-state index in [-0.39, 0.29) is 0 Å². The van der Waals surface area contributed by atoms with E-state index in [1.807, 2.05) is 0 Å². The maximum atomic E-state index is 5.59. The van der Waals surface area contributed by atoms with Crippen LogP contribution in [-0.2, 0) is 0 Å². The van der Waals surface area contributed by atoms with Crippen molar-refractivity contribution in [2.75, 3.05) is 0 Å². The second-order valence-corrected chi connectivity index (χ2v) is 2.70. The van der Waals surface area contributed by atoms with Crippen LogP contribution in [0.1, 0.15) is 24.6 Å². The number of hydrogen-bond acceptors (Lipinski definition) is 4. The van der Waals surface area contributed by atoms with E-state index in [1.165, 1.54) is 0 Å². The molecule has 0 amide bonds. The molecular weight excluding hydrogens is 130 g/mol. The molecule has 0 bridgehead atoms. The van der Waals surface area contributed by atoms with Crippen LogP contribution >= 0.6 is 0 Å². The van der Waals surface area contributed by atoms with Gasteiger partial charge in [0.1, 0.15) is 0 Å². The van der Waals surface area contributed by atoms with Crippen molar-refractivity contribution in [1.82, 2.24) is 20.6 Å². The van der Waals surface area contributed by atoms with Gasteiger partial charge in [0, 0.05) is 12.0 Å². The number of tetrazole rings is 1. The van der Waals surface area contributed by atoms with Gasteiger partial charge in [-0.05, 0) is 12.8 Å². The van der Waals surface area contributed by atoms with Crippen molar-refractivity contribution < 1.29 is 0 Å². The van der Waals surface area contributed by atoms with E-state index in [9.17, 15) is 0 Å². The van der Waals surface area contributed by atoms with Gasteiger partial charge in [-0.1, -0.05) is 5.21 Å². The molecule has 1 aliphatic carbocycles. The Morgan fingerprint density at radius 1 is 1.50 bits per heavy atom. The highest BCUT2D eigenvalue weighted by molar-refractivity contribution is 5.01. The van der Waals surface area contributed by atoms with Gasteiger partial charge in [0.25, 0.3) is 0 Å². The molecular formula is C5H9N5. The summed E-state index contributed by atoms with van der Waals surface area (Å²) in [5.41, 5.74) is 5.59. The van der Waals surface area contributed by atoms with Crippen LogP contribution in [0.5, 0.6) is 0 Å². The number of aromatic amines is 1. The standard InChI is InChI=1S/C5H9N5/c6-4-1-3(2-4)5-7-9-10-8-5/h3-4H,1-2,6H2,(H,7,8,9,10). The number of rotatable bonds is 1. The third-order valence-electron chi connectivity index (χ3n) is 1.90. The quantitative estimate of drug-likeness (QED) is 0.544. The lowest BCUT2D eigenvalue weighted by atomic mass is 9.80. The SMILES string of the molecule is NC1CC(c2nn[nH]n2)C1. The van der Waals surface area contributed by atoms with E-state index in [0.29, 0.717) is 12.0 Å². The molecule has 1 aromatic heterocycles. The minimum atomic E-state index is 0.350. The van der Waals surface area contributed by atoms with Crippen LogP contribution in [0.3, 0.4) is 0 Å². The van der Waals surface area contributed by atoms with Crippen molar-refractivity contribution in [3.63, 3.8) is 0 Å². The van der Waals surface area contributed by atoms with E-state index in [4.69, 9.17) is 5.73 Å². The van der Waals surface area contributed by atoms with Crippen LogP contribution in [0, 0.1) is 0 Å². The lowest BCUT2D eigenvalue weighted by Crippen LogP contribution is -2.35. The van der Waals surface area contributed by atoms with Crippen LogP contribution in [-0.4, -0.2) is 26.7 Å². The minimum Gasteiger partial charge on any atom is -0.328 e. The fraction of sp³-hybridized carbons (Fsp3) is 0.800. The number of aromatic nitrogens is 4. The Kier molecular flexibility index (Phi) is 1.17. The molecule has 1 saturated carbocycles. The Morgan fingerprint density at radius 2 is 2.30 bits per heavy atom. The molecule has 0 aliphatic heterocycles. The summed E-state index contributed by atoms with van der Waals surface area (Å²) in [6.45, 7) is 0. The number of hydrogen-bond donors (Lipinski definition) is 2. The summed E-state index contributed by atoms with van der Waals surface area (Å²) in [6.07, 6.45) is 2.00. The summed E-state index contributed by atoms with van der Waals surface area (Å²) in [5, 5.41) is 13.6. The first-order valence-corrected chi connectivity index (χ1v) is 3.35. The maximum Gasteiger partial charge on any atom is 0.177 e. The molecule has 1 aromatic rings. The first-order chi connectivity index (χ1) is 4.86. The van der Waals surface area contributed by atoms with Gasteiger partial charge in [-0.3, -0.25) is 0 Å². The third-order valence-corrected chi connectivity index (χ3v) is 1.90. The zero-order valence-corrected chi connectivity index (χ0v) is 5.49. The molecule has 5 nitrogen and oxygen atoms in total. The normalized spacial score (nSPS) is 31.7. The topological polar surface area (TPSA) is 80.5 Å².